The Morgan fingerprint density at radius 3 is 1.24 bits per heavy atom. The van der Waals surface area contributed by atoms with Crippen molar-refractivity contribution in [3.8, 4) is 0 Å². The fourth-order valence-electron chi connectivity index (χ4n) is 7.51. The summed E-state index contributed by atoms with van der Waals surface area (Å²) in [6, 6.07) is -0.633. The summed E-state index contributed by atoms with van der Waals surface area (Å²) in [5.74, 6) is -0.0824. The fraction of sp³-hybridized carbons (Fsp3) is 0.918. The molecule has 326 valence electrons. The number of rotatable bonds is 45. The molecule has 0 fully saturated rings. The van der Waals surface area contributed by atoms with Crippen molar-refractivity contribution in [1.29, 1.82) is 0 Å². The molecular weight excluding hydrogens is 683 g/mol. The zero-order valence-corrected chi connectivity index (χ0v) is 36.9. The number of esters is 1. The lowest BCUT2D eigenvalue weighted by Crippen LogP contribution is -2.45. The molecule has 0 spiro atoms. The first-order chi connectivity index (χ1) is 27.0. The number of nitrogens with one attached hydrogen (secondary N) is 1. The van der Waals surface area contributed by atoms with Crippen LogP contribution in [-0.2, 0) is 14.3 Å². The Hall–Kier alpha value is -1.40. The van der Waals surface area contributed by atoms with E-state index in [2.05, 4.69) is 19.2 Å². The van der Waals surface area contributed by atoms with Gasteiger partial charge in [-0.1, -0.05) is 231 Å². The van der Waals surface area contributed by atoms with Crippen molar-refractivity contribution in [2.24, 2.45) is 0 Å². The summed E-state index contributed by atoms with van der Waals surface area (Å²) in [5, 5.41) is 23.0. The van der Waals surface area contributed by atoms with E-state index >= 15 is 0 Å². The summed E-state index contributed by atoms with van der Waals surface area (Å²) in [4.78, 5) is 24.4. The highest BCUT2D eigenvalue weighted by atomic mass is 16.5. The van der Waals surface area contributed by atoms with Gasteiger partial charge in [0, 0.05) is 12.8 Å². The van der Waals surface area contributed by atoms with E-state index in [0.717, 1.165) is 57.8 Å². The molecule has 55 heavy (non-hydrogen) atoms. The van der Waals surface area contributed by atoms with Gasteiger partial charge >= 0.3 is 5.97 Å². The minimum absolute atomic E-state index is 0.00396. The molecule has 2 atom stereocenters. The van der Waals surface area contributed by atoms with Crippen LogP contribution in [-0.4, -0.2) is 47.4 Å². The molecule has 0 aromatic carbocycles. The van der Waals surface area contributed by atoms with Crippen LogP contribution in [0.2, 0.25) is 0 Å². The summed E-state index contributed by atoms with van der Waals surface area (Å²) < 4.78 is 5.44. The van der Waals surface area contributed by atoms with Gasteiger partial charge in [-0.15, -0.1) is 0 Å². The molecular formula is C49H95NO5. The van der Waals surface area contributed by atoms with Gasteiger partial charge in [0.2, 0.25) is 5.91 Å². The first-order valence-corrected chi connectivity index (χ1v) is 24.5. The Morgan fingerprint density at radius 1 is 0.491 bits per heavy atom. The number of unbranched alkanes of at least 4 members (excludes halogenated alkanes) is 34. The van der Waals surface area contributed by atoms with E-state index in [9.17, 15) is 19.8 Å². The van der Waals surface area contributed by atoms with Crippen LogP contribution in [0.3, 0.4) is 0 Å². The van der Waals surface area contributed by atoms with Gasteiger partial charge in [-0.05, 0) is 32.1 Å². The molecule has 1 amide bonds. The maximum absolute atomic E-state index is 12.4. The first kappa shape index (κ1) is 53.6. The predicted octanol–water partition coefficient (Wildman–Crippen LogP) is 14.2. The van der Waals surface area contributed by atoms with E-state index in [-0.39, 0.29) is 18.5 Å². The molecule has 0 rings (SSSR count). The molecule has 0 saturated carbocycles. The lowest BCUT2D eigenvalue weighted by atomic mass is 10.0. The number of amides is 1. The van der Waals surface area contributed by atoms with Crippen LogP contribution in [0.5, 0.6) is 0 Å². The van der Waals surface area contributed by atoms with Crippen molar-refractivity contribution in [3.05, 3.63) is 12.2 Å². The van der Waals surface area contributed by atoms with Crippen LogP contribution in [0.15, 0.2) is 12.2 Å². The van der Waals surface area contributed by atoms with Crippen molar-refractivity contribution in [3.63, 3.8) is 0 Å². The van der Waals surface area contributed by atoms with Crippen molar-refractivity contribution in [1.82, 2.24) is 5.32 Å². The highest BCUT2D eigenvalue weighted by Crippen LogP contribution is 2.16. The van der Waals surface area contributed by atoms with Crippen molar-refractivity contribution in [2.45, 2.75) is 276 Å². The predicted molar refractivity (Wildman–Crippen MR) is 237 cm³/mol. The molecule has 2 unspecified atom stereocenters. The van der Waals surface area contributed by atoms with Gasteiger partial charge < -0.3 is 20.3 Å². The molecule has 0 aliphatic rings. The van der Waals surface area contributed by atoms with Gasteiger partial charge in [-0.3, -0.25) is 9.59 Å². The van der Waals surface area contributed by atoms with Crippen LogP contribution >= 0.6 is 0 Å². The molecule has 0 heterocycles. The Morgan fingerprint density at radius 2 is 0.836 bits per heavy atom. The molecule has 0 radical (unpaired) electrons. The van der Waals surface area contributed by atoms with Crippen molar-refractivity contribution >= 4 is 11.9 Å². The van der Waals surface area contributed by atoms with Gasteiger partial charge in [0.1, 0.15) is 0 Å². The number of ether oxygens (including phenoxy) is 1. The summed E-state index contributed by atoms with van der Waals surface area (Å²) in [7, 11) is 0. The zero-order valence-electron chi connectivity index (χ0n) is 36.9. The minimum Gasteiger partial charge on any atom is -0.466 e. The zero-order chi connectivity index (χ0) is 40.1. The molecule has 0 aliphatic carbocycles. The molecule has 0 bridgehead atoms. The second kappa shape index (κ2) is 45.3. The Bertz CT molecular complexity index is 817. The topological polar surface area (TPSA) is 95.9 Å². The maximum Gasteiger partial charge on any atom is 0.305 e. The molecule has 6 heteroatoms. The number of hydrogen-bond donors (Lipinski definition) is 3. The lowest BCUT2D eigenvalue weighted by Gasteiger charge is -2.20. The van der Waals surface area contributed by atoms with Crippen LogP contribution < -0.4 is 5.32 Å². The number of carbonyl (C=O) groups is 2. The number of allylic oxidation sites excluding steroid dienone is 1. The highest BCUT2D eigenvalue weighted by Gasteiger charge is 2.18. The SMILES string of the molecule is CCCCCCCCCCCCC/C=C/C(O)C(CO)NC(=O)CCCCCCCCCCCCCCCCOC(=O)CCCCCCCCCCCCC. The summed E-state index contributed by atoms with van der Waals surface area (Å²) in [6.45, 7) is 4.87. The van der Waals surface area contributed by atoms with E-state index in [1.807, 2.05) is 6.08 Å². The molecule has 0 aromatic heterocycles. The van der Waals surface area contributed by atoms with E-state index in [4.69, 9.17) is 4.74 Å². The van der Waals surface area contributed by atoms with E-state index in [1.54, 1.807) is 6.08 Å². The maximum atomic E-state index is 12.4. The third-order valence-electron chi connectivity index (χ3n) is 11.3. The molecule has 0 aliphatic heterocycles. The normalized spacial score (nSPS) is 12.7. The largest absolute Gasteiger partial charge is 0.466 e. The second-order valence-electron chi connectivity index (χ2n) is 16.8. The average Bonchev–Trinajstić information content (AvgIpc) is 3.18. The highest BCUT2D eigenvalue weighted by molar-refractivity contribution is 5.76. The Labute approximate surface area is 342 Å². The third kappa shape index (κ3) is 42.0. The fourth-order valence-corrected chi connectivity index (χ4v) is 7.51. The standard InChI is InChI=1S/C49H95NO5/c1-3-5-7-9-11-13-15-18-22-25-29-33-37-41-47(52)46(45-51)50-48(53)42-38-34-30-26-23-19-16-17-20-24-28-32-36-40-44-55-49(54)43-39-35-31-27-21-14-12-10-8-6-4-2/h37,41,46-47,51-52H,3-36,38-40,42-45H2,1-2H3,(H,50,53)/b41-37+. The van der Waals surface area contributed by atoms with Crippen LogP contribution in [0.25, 0.3) is 0 Å². The number of carbonyl (C=O) groups excluding carboxylic acids is 2. The smallest absolute Gasteiger partial charge is 0.305 e. The van der Waals surface area contributed by atoms with E-state index < -0.39 is 12.1 Å². The van der Waals surface area contributed by atoms with E-state index in [1.165, 1.54) is 180 Å². The van der Waals surface area contributed by atoms with Gasteiger partial charge in [0.25, 0.3) is 0 Å². The molecule has 6 nitrogen and oxygen atoms in total. The summed E-state index contributed by atoms with van der Waals surface area (Å²) in [6.07, 6.45) is 50.5. The first-order valence-electron chi connectivity index (χ1n) is 24.5. The van der Waals surface area contributed by atoms with Crippen molar-refractivity contribution in [2.75, 3.05) is 13.2 Å². The van der Waals surface area contributed by atoms with Crippen LogP contribution in [0.4, 0.5) is 0 Å². The Kier molecular flexibility index (Phi) is 44.2. The molecule has 0 saturated heterocycles. The van der Waals surface area contributed by atoms with Gasteiger partial charge in [0.15, 0.2) is 0 Å². The van der Waals surface area contributed by atoms with Crippen LogP contribution in [0, 0.1) is 0 Å². The summed E-state index contributed by atoms with van der Waals surface area (Å²) >= 11 is 0. The number of aliphatic hydroxyl groups is 2. The Balaban J connectivity index is 3.48. The number of hydrogen-bond acceptors (Lipinski definition) is 5. The monoisotopic (exact) mass is 778 g/mol. The van der Waals surface area contributed by atoms with Crippen molar-refractivity contribution < 1.29 is 24.5 Å². The molecule has 0 aromatic rings. The van der Waals surface area contributed by atoms with Gasteiger partial charge in [0.05, 0.1) is 25.4 Å². The van der Waals surface area contributed by atoms with Crippen LogP contribution in [0.1, 0.15) is 264 Å². The average molecular weight is 778 g/mol. The molecule has 3 N–H and O–H groups in total. The lowest BCUT2D eigenvalue weighted by molar-refractivity contribution is -0.143. The summed E-state index contributed by atoms with van der Waals surface area (Å²) in [5.41, 5.74) is 0. The second-order valence-corrected chi connectivity index (χ2v) is 16.8. The number of aliphatic hydroxyl groups excluding tert-OH is 2. The van der Waals surface area contributed by atoms with E-state index in [0.29, 0.717) is 19.4 Å². The van der Waals surface area contributed by atoms with Gasteiger partial charge in [-0.2, -0.15) is 0 Å². The van der Waals surface area contributed by atoms with Gasteiger partial charge in [-0.25, -0.2) is 0 Å². The minimum atomic E-state index is -0.849. The quantitative estimate of drug-likeness (QED) is 0.0325. The third-order valence-corrected chi connectivity index (χ3v) is 11.3.